The molecule has 2 rings (SSSR count). The molecule has 0 radical (unpaired) electrons. The fourth-order valence-electron chi connectivity index (χ4n) is 1.64. The molecule has 0 bridgehead atoms. The number of para-hydroxylation sites is 1. The molecule has 0 fully saturated rings. The molecular formula is C15H11ClF3NO2. The monoisotopic (exact) mass is 329 g/mol. The molecule has 116 valence electrons. The van der Waals surface area contributed by atoms with Gasteiger partial charge in [0.2, 0.25) is 0 Å². The molecule has 0 atom stereocenters. The minimum Gasteiger partial charge on any atom is -0.482 e. The van der Waals surface area contributed by atoms with Crippen molar-refractivity contribution in [1.82, 2.24) is 0 Å². The molecular weight excluding hydrogens is 319 g/mol. The lowest BCUT2D eigenvalue weighted by atomic mass is 10.2. The van der Waals surface area contributed by atoms with Crippen molar-refractivity contribution in [2.24, 2.45) is 0 Å². The molecule has 1 amide bonds. The maximum Gasteiger partial charge on any atom is 0.416 e. The highest BCUT2D eigenvalue weighted by molar-refractivity contribution is 6.32. The van der Waals surface area contributed by atoms with Gasteiger partial charge in [-0.05, 0) is 36.4 Å². The Labute approximate surface area is 129 Å². The van der Waals surface area contributed by atoms with Gasteiger partial charge in [-0.25, -0.2) is 0 Å². The maximum atomic E-state index is 12.4. The van der Waals surface area contributed by atoms with E-state index in [0.29, 0.717) is 10.8 Å². The third kappa shape index (κ3) is 4.39. The summed E-state index contributed by atoms with van der Waals surface area (Å²) in [5.74, 6) is -0.147. The van der Waals surface area contributed by atoms with Crippen molar-refractivity contribution in [3.05, 3.63) is 59.1 Å². The third-order valence-corrected chi connectivity index (χ3v) is 3.00. The lowest BCUT2D eigenvalue weighted by Crippen LogP contribution is -2.20. The zero-order chi connectivity index (χ0) is 16.2. The first-order valence-electron chi connectivity index (χ1n) is 6.21. The molecule has 0 unspecified atom stereocenters. The Morgan fingerprint density at radius 3 is 2.32 bits per heavy atom. The summed E-state index contributed by atoms with van der Waals surface area (Å²) >= 11 is 5.86. The van der Waals surface area contributed by atoms with Crippen LogP contribution >= 0.6 is 11.6 Å². The topological polar surface area (TPSA) is 38.3 Å². The SMILES string of the molecule is O=C(COc1ccccc1Cl)Nc1ccc(C(F)(F)F)cc1. The van der Waals surface area contributed by atoms with E-state index in [2.05, 4.69) is 5.32 Å². The summed E-state index contributed by atoms with van der Waals surface area (Å²) in [6.07, 6.45) is -4.41. The van der Waals surface area contributed by atoms with Crippen LogP contribution in [0.4, 0.5) is 18.9 Å². The Morgan fingerprint density at radius 2 is 1.73 bits per heavy atom. The largest absolute Gasteiger partial charge is 0.482 e. The number of benzene rings is 2. The number of hydrogen-bond acceptors (Lipinski definition) is 2. The van der Waals surface area contributed by atoms with Crippen LogP contribution in [-0.2, 0) is 11.0 Å². The highest BCUT2D eigenvalue weighted by atomic mass is 35.5. The standard InChI is InChI=1S/C15H11ClF3NO2/c16-12-3-1-2-4-13(12)22-9-14(21)20-11-7-5-10(6-8-11)15(17,18)19/h1-8H,9H2,(H,20,21). The van der Waals surface area contributed by atoms with Crippen LogP contribution in [0, 0.1) is 0 Å². The zero-order valence-electron chi connectivity index (χ0n) is 11.2. The van der Waals surface area contributed by atoms with E-state index in [0.717, 1.165) is 12.1 Å². The quantitative estimate of drug-likeness (QED) is 0.904. The number of rotatable bonds is 4. The van der Waals surface area contributed by atoms with Crippen molar-refractivity contribution in [3.63, 3.8) is 0 Å². The van der Waals surface area contributed by atoms with Crippen molar-refractivity contribution in [2.45, 2.75) is 6.18 Å². The summed E-state index contributed by atoms with van der Waals surface area (Å²) in [6.45, 7) is -0.301. The fraction of sp³-hybridized carbons (Fsp3) is 0.133. The minimum absolute atomic E-state index is 0.251. The van der Waals surface area contributed by atoms with Gasteiger partial charge in [-0.3, -0.25) is 4.79 Å². The van der Waals surface area contributed by atoms with Gasteiger partial charge in [0.05, 0.1) is 10.6 Å². The molecule has 0 saturated carbocycles. The number of halogens is 4. The molecule has 0 saturated heterocycles. The van der Waals surface area contributed by atoms with Gasteiger partial charge in [0.1, 0.15) is 5.75 Å². The average Bonchev–Trinajstić information content (AvgIpc) is 2.46. The van der Waals surface area contributed by atoms with E-state index in [1.165, 1.54) is 12.1 Å². The van der Waals surface area contributed by atoms with E-state index in [4.69, 9.17) is 16.3 Å². The van der Waals surface area contributed by atoms with Crippen LogP contribution in [-0.4, -0.2) is 12.5 Å². The second-order valence-electron chi connectivity index (χ2n) is 4.34. The van der Waals surface area contributed by atoms with Gasteiger partial charge < -0.3 is 10.1 Å². The maximum absolute atomic E-state index is 12.4. The molecule has 22 heavy (non-hydrogen) atoms. The summed E-state index contributed by atoms with van der Waals surface area (Å²) in [5.41, 5.74) is -0.529. The van der Waals surface area contributed by atoms with Crippen LogP contribution in [0.2, 0.25) is 5.02 Å². The number of anilines is 1. The van der Waals surface area contributed by atoms with Gasteiger partial charge in [0.25, 0.3) is 5.91 Å². The van der Waals surface area contributed by atoms with E-state index in [1.807, 2.05) is 0 Å². The Kier molecular flexibility index (Phi) is 4.92. The molecule has 0 spiro atoms. The van der Waals surface area contributed by atoms with Gasteiger partial charge in [0.15, 0.2) is 6.61 Å². The molecule has 0 aliphatic rings. The highest BCUT2D eigenvalue weighted by Gasteiger charge is 2.29. The third-order valence-electron chi connectivity index (χ3n) is 2.69. The smallest absolute Gasteiger partial charge is 0.416 e. The Hall–Kier alpha value is -2.21. The highest BCUT2D eigenvalue weighted by Crippen LogP contribution is 2.29. The van der Waals surface area contributed by atoms with Crippen LogP contribution in [0.15, 0.2) is 48.5 Å². The van der Waals surface area contributed by atoms with E-state index in [9.17, 15) is 18.0 Å². The molecule has 0 heterocycles. The van der Waals surface area contributed by atoms with Crippen molar-refractivity contribution in [3.8, 4) is 5.75 Å². The van der Waals surface area contributed by atoms with Gasteiger partial charge in [-0.15, -0.1) is 0 Å². The number of carbonyl (C=O) groups is 1. The second kappa shape index (κ2) is 6.70. The average molecular weight is 330 g/mol. The summed E-state index contributed by atoms with van der Waals surface area (Å²) in [5, 5.41) is 2.80. The molecule has 7 heteroatoms. The minimum atomic E-state index is -4.41. The predicted molar refractivity (Wildman–Crippen MR) is 77.0 cm³/mol. The number of ether oxygens (including phenoxy) is 1. The second-order valence-corrected chi connectivity index (χ2v) is 4.75. The fourth-order valence-corrected chi connectivity index (χ4v) is 1.83. The lowest BCUT2D eigenvalue weighted by molar-refractivity contribution is -0.137. The number of alkyl halides is 3. The van der Waals surface area contributed by atoms with Crippen molar-refractivity contribution >= 4 is 23.2 Å². The van der Waals surface area contributed by atoms with Gasteiger partial charge in [-0.1, -0.05) is 23.7 Å². The van der Waals surface area contributed by atoms with Crippen LogP contribution in [0.3, 0.4) is 0 Å². The van der Waals surface area contributed by atoms with E-state index in [-0.39, 0.29) is 12.3 Å². The first-order valence-corrected chi connectivity index (χ1v) is 6.58. The first-order chi connectivity index (χ1) is 10.4. The van der Waals surface area contributed by atoms with Crippen LogP contribution in [0.25, 0.3) is 0 Å². The van der Waals surface area contributed by atoms with E-state index in [1.54, 1.807) is 24.3 Å². The van der Waals surface area contributed by atoms with Gasteiger partial charge >= 0.3 is 6.18 Å². The lowest BCUT2D eigenvalue weighted by Gasteiger charge is -2.10. The summed E-state index contributed by atoms with van der Waals surface area (Å²) in [7, 11) is 0. The van der Waals surface area contributed by atoms with E-state index < -0.39 is 17.6 Å². The zero-order valence-corrected chi connectivity index (χ0v) is 11.9. The Bertz CT molecular complexity index is 657. The van der Waals surface area contributed by atoms with Crippen LogP contribution in [0.5, 0.6) is 5.75 Å². The van der Waals surface area contributed by atoms with Crippen molar-refractivity contribution < 1.29 is 22.7 Å². The molecule has 3 nitrogen and oxygen atoms in total. The number of hydrogen-bond donors (Lipinski definition) is 1. The molecule has 0 aliphatic carbocycles. The molecule has 2 aromatic rings. The van der Waals surface area contributed by atoms with Gasteiger partial charge in [0, 0.05) is 5.69 Å². The van der Waals surface area contributed by atoms with Crippen LogP contribution < -0.4 is 10.1 Å². The molecule has 1 N–H and O–H groups in total. The number of amides is 1. The normalized spacial score (nSPS) is 11.1. The van der Waals surface area contributed by atoms with Crippen molar-refractivity contribution in [2.75, 3.05) is 11.9 Å². The predicted octanol–water partition coefficient (Wildman–Crippen LogP) is 4.38. The number of carbonyl (C=O) groups excluding carboxylic acids is 1. The first kappa shape index (κ1) is 16.2. The summed E-state index contributed by atoms with van der Waals surface area (Å²) < 4.78 is 42.5. The number of nitrogens with one attached hydrogen (secondary N) is 1. The molecule has 2 aromatic carbocycles. The van der Waals surface area contributed by atoms with E-state index >= 15 is 0 Å². The Morgan fingerprint density at radius 1 is 1.09 bits per heavy atom. The summed E-state index contributed by atoms with van der Waals surface area (Å²) in [6, 6.07) is 10.8. The summed E-state index contributed by atoms with van der Waals surface area (Å²) in [4.78, 5) is 11.7. The molecule has 0 aliphatic heterocycles. The molecule has 0 aromatic heterocycles. The Balaban J connectivity index is 1.91. The van der Waals surface area contributed by atoms with Gasteiger partial charge in [-0.2, -0.15) is 13.2 Å². The van der Waals surface area contributed by atoms with Crippen molar-refractivity contribution in [1.29, 1.82) is 0 Å². The van der Waals surface area contributed by atoms with Crippen LogP contribution in [0.1, 0.15) is 5.56 Å².